The number of hydrogen-bond donors (Lipinski definition) is 2. The number of fused-ring (bicyclic) bond motifs is 1. The van der Waals surface area contributed by atoms with Crippen molar-refractivity contribution in [3.8, 4) is 0 Å². The van der Waals surface area contributed by atoms with E-state index in [4.69, 9.17) is 11.6 Å². The Labute approximate surface area is 141 Å². The average molecular weight is 428 g/mol. The van der Waals surface area contributed by atoms with E-state index in [2.05, 4.69) is 20.9 Å². The van der Waals surface area contributed by atoms with E-state index in [0.29, 0.717) is 14.6 Å². The molecule has 0 bridgehead atoms. The molecule has 0 aliphatic rings. The summed E-state index contributed by atoms with van der Waals surface area (Å²) in [6.07, 6.45) is 1.27. The molecule has 3 aromatic rings. The van der Waals surface area contributed by atoms with Gasteiger partial charge in [-0.05, 0) is 28.1 Å². The Morgan fingerprint density at radius 1 is 1.23 bits per heavy atom. The molecule has 0 saturated heterocycles. The van der Waals surface area contributed by atoms with Gasteiger partial charge in [0.25, 0.3) is 10.0 Å². The van der Waals surface area contributed by atoms with Crippen molar-refractivity contribution in [2.24, 2.45) is 0 Å². The van der Waals surface area contributed by atoms with Crippen LogP contribution in [0.1, 0.15) is 0 Å². The third-order valence-electron chi connectivity index (χ3n) is 2.85. The molecule has 2 aromatic heterocycles. The van der Waals surface area contributed by atoms with E-state index in [9.17, 15) is 17.2 Å². The molecule has 10 heteroatoms. The van der Waals surface area contributed by atoms with Gasteiger partial charge in [0.15, 0.2) is 0 Å². The zero-order valence-corrected chi connectivity index (χ0v) is 14.4. The van der Waals surface area contributed by atoms with Crippen molar-refractivity contribution in [3.63, 3.8) is 0 Å². The number of halogens is 4. The second-order valence-corrected chi connectivity index (χ2v) is 8.49. The number of sulfonamides is 1. The van der Waals surface area contributed by atoms with Crippen LogP contribution in [0.25, 0.3) is 10.2 Å². The lowest BCUT2D eigenvalue weighted by Crippen LogP contribution is -2.13. The summed E-state index contributed by atoms with van der Waals surface area (Å²) in [5.41, 5.74) is -0.476. The minimum Gasteiger partial charge on any atom is -0.352 e. The van der Waals surface area contributed by atoms with Gasteiger partial charge in [-0.15, -0.1) is 11.3 Å². The molecule has 0 amide bonds. The van der Waals surface area contributed by atoms with Crippen LogP contribution in [-0.4, -0.2) is 13.4 Å². The maximum absolute atomic E-state index is 13.8. The molecular formula is C12H6BrClF2N2O2S2. The number of anilines is 1. The van der Waals surface area contributed by atoms with E-state index in [0.717, 1.165) is 12.1 Å². The number of nitrogens with one attached hydrogen (secondary N) is 2. The van der Waals surface area contributed by atoms with Gasteiger partial charge in [0.2, 0.25) is 0 Å². The van der Waals surface area contributed by atoms with Gasteiger partial charge in [0.05, 0.1) is 14.5 Å². The SMILES string of the molecule is O=S(=O)(Nc1cc(F)c(Br)cc1F)c1c[nH]c2sc(Cl)cc12. The summed E-state index contributed by atoms with van der Waals surface area (Å²) >= 11 is 9.84. The summed E-state index contributed by atoms with van der Waals surface area (Å²) in [4.78, 5) is 3.26. The second kappa shape index (κ2) is 5.48. The highest BCUT2D eigenvalue weighted by atomic mass is 79.9. The first kappa shape index (κ1) is 15.7. The lowest BCUT2D eigenvalue weighted by atomic mass is 10.3. The largest absolute Gasteiger partial charge is 0.352 e. The number of aromatic amines is 1. The Morgan fingerprint density at radius 3 is 2.68 bits per heavy atom. The number of benzene rings is 1. The average Bonchev–Trinajstić information content (AvgIpc) is 2.94. The molecule has 0 aliphatic heterocycles. The number of aromatic nitrogens is 1. The lowest BCUT2D eigenvalue weighted by Gasteiger charge is -2.08. The highest BCUT2D eigenvalue weighted by molar-refractivity contribution is 9.10. The van der Waals surface area contributed by atoms with Crippen LogP contribution in [0, 0.1) is 11.6 Å². The fourth-order valence-electron chi connectivity index (χ4n) is 1.88. The number of thiophene rings is 1. The van der Waals surface area contributed by atoms with E-state index >= 15 is 0 Å². The molecular weight excluding hydrogens is 422 g/mol. The normalized spacial score (nSPS) is 12.0. The maximum Gasteiger partial charge on any atom is 0.264 e. The highest BCUT2D eigenvalue weighted by Crippen LogP contribution is 2.34. The Balaban J connectivity index is 2.05. The second-order valence-electron chi connectivity index (χ2n) is 4.30. The van der Waals surface area contributed by atoms with Crippen molar-refractivity contribution < 1.29 is 17.2 Å². The van der Waals surface area contributed by atoms with Crippen LogP contribution in [0.3, 0.4) is 0 Å². The summed E-state index contributed by atoms with van der Waals surface area (Å²) in [5, 5.41) is 0.389. The quantitative estimate of drug-likeness (QED) is 0.594. The van der Waals surface area contributed by atoms with E-state index in [1.165, 1.54) is 23.6 Å². The van der Waals surface area contributed by atoms with Crippen LogP contribution >= 0.6 is 38.9 Å². The fourth-order valence-corrected chi connectivity index (χ4v) is 4.59. The predicted octanol–water partition coefficient (Wildman–Crippen LogP) is 4.72. The van der Waals surface area contributed by atoms with Crippen LogP contribution in [0.15, 0.2) is 33.8 Å². The molecule has 0 saturated carbocycles. The Morgan fingerprint density at radius 2 is 1.95 bits per heavy atom. The molecule has 0 unspecified atom stereocenters. The Bertz CT molecular complexity index is 985. The molecule has 0 radical (unpaired) electrons. The molecule has 22 heavy (non-hydrogen) atoms. The van der Waals surface area contributed by atoms with Crippen molar-refractivity contribution >= 4 is 64.8 Å². The van der Waals surface area contributed by atoms with Gasteiger partial charge < -0.3 is 4.98 Å². The summed E-state index contributed by atoms with van der Waals surface area (Å²) in [6, 6.07) is 3.11. The van der Waals surface area contributed by atoms with Crippen LogP contribution in [0.5, 0.6) is 0 Å². The first-order valence-corrected chi connectivity index (χ1v) is 9.19. The maximum atomic E-state index is 13.8. The molecule has 2 heterocycles. The van der Waals surface area contributed by atoms with Crippen molar-refractivity contribution in [3.05, 3.63) is 44.8 Å². The third kappa shape index (κ3) is 2.73. The molecule has 116 valence electrons. The van der Waals surface area contributed by atoms with Gasteiger partial charge in [0, 0.05) is 17.6 Å². The first-order valence-electron chi connectivity index (χ1n) is 5.72. The van der Waals surface area contributed by atoms with Gasteiger partial charge in [-0.1, -0.05) is 11.6 Å². The highest BCUT2D eigenvalue weighted by Gasteiger charge is 2.22. The number of rotatable bonds is 3. The van der Waals surface area contributed by atoms with E-state index in [1.807, 2.05) is 4.72 Å². The molecule has 3 rings (SSSR count). The monoisotopic (exact) mass is 426 g/mol. The molecule has 2 N–H and O–H groups in total. The standard InChI is InChI=1S/C12H6BrClF2N2O2S2/c13-6-2-8(16)9(3-7(6)15)18-22(19,20)10-4-17-12-5(10)1-11(14)21-12/h1-4,17-18H. The van der Waals surface area contributed by atoms with Crippen molar-refractivity contribution in [2.45, 2.75) is 4.90 Å². The first-order chi connectivity index (χ1) is 10.3. The molecule has 0 fully saturated rings. The van der Waals surface area contributed by atoms with Gasteiger partial charge in [0.1, 0.15) is 21.4 Å². The molecule has 0 aliphatic carbocycles. The smallest absolute Gasteiger partial charge is 0.264 e. The Kier molecular flexibility index (Phi) is 3.92. The van der Waals surface area contributed by atoms with Crippen molar-refractivity contribution in [1.82, 2.24) is 4.98 Å². The molecule has 4 nitrogen and oxygen atoms in total. The van der Waals surface area contributed by atoms with Crippen LogP contribution in [0.4, 0.5) is 14.5 Å². The minimum atomic E-state index is -4.09. The zero-order chi connectivity index (χ0) is 16.1. The van der Waals surface area contributed by atoms with Gasteiger partial charge >= 0.3 is 0 Å². The molecule has 0 spiro atoms. The van der Waals surface area contributed by atoms with Gasteiger partial charge in [-0.2, -0.15) is 0 Å². The van der Waals surface area contributed by atoms with Gasteiger partial charge in [-0.25, -0.2) is 17.2 Å². The number of H-pyrrole nitrogens is 1. The Hall–Kier alpha value is -1.16. The topological polar surface area (TPSA) is 62.0 Å². The fraction of sp³-hybridized carbons (Fsp3) is 0. The molecule has 0 atom stereocenters. The van der Waals surface area contributed by atoms with Crippen molar-refractivity contribution in [1.29, 1.82) is 0 Å². The van der Waals surface area contributed by atoms with Crippen molar-refractivity contribution in [2.75, 3.05) is 4.72 Å². The summed E-state index contributed by atoms with van der Waals surface area (Å²) in [5.74, 6) is -1.68. The van der Waals surface area contributed by atoms with E-state index in [-0.39, 0.29) is 9.37 Å². The van der Waals surface area contributed by atoms with Crippen LogP contribution < -0.4 is 4.72 Å². The molecule has 1 aromatic carbocycles. The lowest BCUT2D eigenvalue weighted by molar-refractivity contribution is 0.592. The van der Waals surface area contributed by atoms with Gasteiger partial charge in [-0.3, -0.25) is 4.72 Å². The summed E-state index contributed by atoms with van der Waals surface area (Å²) < 4.78 is 54.3. The minimum absolute atomic E-state index is 0.0895. The van der Waals surface area contributed by atoms with Crippen LogP contribution in [-0.2, 0) is 10.0 Å². The summed E-state index contributed by atoms with van der Waals surface area (Å²) in [7, 11) is -4.09. The predicted molar refractivity (Wildman–Crippen MR) is 86.1 cm³/mol. The number of hydrogen-bond acceptors (Lipinski definition) is 3. The third-order valence-corrected chi connectivity index (χ3v) is 6.05. The van der Waals surface area contributed by atoms with Crippen LogP contribution in [0.2, 0.25) is 4.34 Å². The summed E-state index contributed by atoms with van der Waals surface area (Å²) in [6.45, 7) is 0. The van der Waals surface area contributed by atoms with E-state index < -0.39 is 27.3 Å². The zero-order valence-electron chi connectivity index (χ0n) is 10.5. The van der Waals surface area contributed by atoms with E-state index in [1.54, 1.807) is 0 Å².